The van der Waals surface area contributed by atoms with E-state index < -0.39 is 20.6 Å². The Balaban J connectivity index is 2.37. The normalized spacial score (nSPS) is 11.1. The van der Waals surface area contributed by atoms with Gasteiger partial charge in [0.15, 0.2) is 5.00 Å². The lowest BCUT2D eigenvalue weighted by Crippen LogP contribution is -2.13. The first-order valence-corrected chi connectivity index (χ1v) is 7.28. The van der Waals surface area contributed by atoms with Crippen molar-refractivity contribution in [2.45, 2.75) is 4.21 Å². The SMILES string of the molecule is NNc1sc(S(=O)(=O)Nc2ncccn2)cc1[N+](=O)[O-]. The Labute approximate surface area is 116 Å². The topological polar surface area (TPSA) is 153 Å². The number of aromatic nitrogens is 2. The molecule has 0 amide bonds. The van der Waals surface area contributed by atoms with E-state index in [1.165, 1.54) is 18.5 Å². The molecule has 0 fully saturated rings. The summed E-state index contributed by atoms with van der Waals surface area (Å²) in [7, 11) is -4.02. The summed E-state index contributed by atoms with van der Waals surface area (Å²) in [6.45, 7) is 0. The predicted molar refractivity (Wildman–Crippen MR) is 71.6 cm³/mol. The number of nitrogen functional groups attached to an aromatic ring is 1. The summed E-state index contributed by atoms with van der Waals surface area (Å²) in [6, 6.07) is 2.43. The lowest BCUT2D eigenvalue weighted by Gasteiger charge is -2.02. The Morgan fingerprint density at radius 3 is 2.50 bits per heavy atom. The minimum atomic E-state index is -4.02. The maximum atomic E-state index is 12.0. The fourth-order valence-corrected chi connectivity index (χ4v) is 3.45. The van der Waals surface area contributed by atoms with Gasteiger partial charge in [-0.1, -0.05) is 11.3 Å². The second-order valence-electron chi connectivity index (χ2n) is 3.36. The summed E-state index contributed by atoms with van der Waals surface area (Å²) in [5.41, 5.74) is 1.66. The number of hydrazine groups is 1. The van der Waals surface area contributed by atoms with Gasteiger partial charge in [-0.3, -0.25) is 10.1 Å². The van der Waals surface area contributed by atoms with Gasteiger partial charge in [-0.2, -0.15) is 0 Å². The third-order valence-corrected chi connectivity index (χ3v) is 4.93. The van der Waals surface area contributed by atoms with Crippen molar-refractivity contribution in [2.24, 2.45) is 5.84 Å². The molecule has 0 bridgehead atoms. The molecule has 0 atom stereocenters. The number of nitro groups is 1. The van der Waals surface area contributed by atoms with Crippen LogP contribution < -0.4 is 16.0 Å². The highest BCUT2D eigenvalue weighted by molar-refractivity contribution is 7.94. The van der Waals surface area contributed by atoms with E-state index in [9.17, 15) is 18.5 Å². The molecule has 0 saturated carbocycles. The Hall–Kier alpha value is -2.31. The number of nitrogens with zero attached hydrogens (tertiary/aromatic N) is 3. The number of anilines is 2. The zero-order valence-electron chi connectivity index (χ0n) is 9.68. The Bertz CT molecular complexity index is 729. The molecule has 0 aliphatic rings. The molecule has 0 aliphatic heterocycles. The second kappa shape index (κ2) is 5.36. The molecule has 10 nitrogen and oxygen atoms in total. The fraction of sp³-hybridized carbons (Fsp3) is 0. The van der Waals surface area contributed by atoms with Gasteiger partial charge in [-0.05, 0) is 6.07 Å². The van der Waals surface area contributed by atoms with Gasteiger partial charge in [0.05, 0.1) is 4.92 Å². The van der Waals surface area contributed by atoms with Crippen molar-refractivity contribution < 1.29 is 13.3 Å². The molecule has 12 heteroatoms. The van der Waals surface area contributed by atoms with Gasteiger partial charge in [0.2, 0.25) is 5.95 Å². The highest BCUT2D eigenvalue weighted by atomic mass is 32.2. The average molecular weight is 316 g/mol. The Morgan fingerprint density at radius 1 is 1.35 bits per heavy atom. The zero-order valence-corrected chi connectivity index (χ0v) is 11.3. The number of nitrogens with two attached hydrogens (primary N) is 1. The van der Waals surface area contributed by atoms with Gasteiger partial charge < -0.3 is 5.43 Å². The van der Waals surface area contributed by atoms with E-state index in [0.29, 0.717) is 11.3 Å². The largest absolute Gasteiger partial charge is 0.310 e. The van der Waals surface area contributed by atoms with Crippen molar-refractivity contribution in [1.29, 1.82) is 0 Å². The van der Waals surface area contributed by atoms with Crippen molar-refractivity contribution in [1.82, 2.24) is 9.97 Å². The summed E-state index contributed by atoms with van der Waals surface area (Å²) >= 11 is 0.630. The molecule has 0 radical (unpaired) electrons. The molecule has 0 saturated heterocycles. The predicted octanol–water partition coefficient (Wildman–Crippen LogP) is 0.533. The second-order valence-corrected chi connectivity index (χ2v) is 6.32. The van der Waals surface area contributed by atoms with Gasteiger partial charge in [-0.15, -0.1) is 0 Å². The van der Waals surface area contributed by atoms with E-state index in [4.69, 9.17) is 5.84 Å². The van der Waals surface area contributed by atoms with Crippen LogP contribution in [0, 0.1) is 10.1 Å². The molecular weight excluding hydrogens is 308 g/mol. The molecule has 0 unspecified atom stereocenters. The van der Waals surface area contributed by atoms with E-state index in [0.717, 1.165) is 6.07 Å². The van der Waals surface area contributed by atoms with Crippen LogP contribution in [0.5, 0.6) is 0 Å². The monoisotopic (exact) mass is 316 g/mol. The number of sulfonamides is 1. The maximum absolute atomic E-state index is 12.0. The number of hydrogen-bond donors (Lipinski definition) is 3. The maximum Gasteiger partial charge on any atom is 0.306 e. The summed E-state index contributed by atoms with van der Waals surface area (Å²) in [4.78, 5) is 17.4. The highest BCUT2D eigenvalue weighted by Crippen LogP contribution is 2.36. The third-order valence-electron chi connectivity index (χ3n) is 2.07. The van der Waals surface area contributed by atoms with Gasteiger partial charge in [0.25, 0.3) is 10.0 Å². The van der Waals surface area contributed by atoms with Crippen LogP contribution in [0.3, 0.4) is 0 Å². The van der Waals surface area contributed by atoms with E-state index >= 15 is 0 Å². The third kappa shape index (κ3) is 2.81. The van der Waals surface area contributed by atoms with Crippen LogP contribution in [0.4, 0.5) is 16.6 Å². The molecule has 2 aromatic heterocycles. The van der Waals surface area contributed by atoms with Crippen molar-refractivity contribution >= 4 is 38.0 Å². The summed E-state index contributed by atoms with van der Waals surface area (Å²) < 4.78 is 25.9. The van der Waals surface area contributed by atoms with Crippen LogP contribution in [-0.2, 0) is 10.0 Å². The van der Waals surface area contributed by atoms with Gasteiger partial charge in [0.1, 0.15) is 4.21 Å². The van der Waals surface area contributed by atoms with Crippen LogP contribution in [0.25, 0.3) is 0 Å². The van der Waals surface area contributed by atoms with Gasteiger partial charge in [-0.25, -0.2) is 29.0 Å². The minimum absolute atomic E-state index is 0.0654. The summed E-state index contributed by atoms with van der Waals surface area (Å²) in [5, 5.41) is 10.7. The summed E-state index contributed by atoms with van der Waals surface area (Å²) in [6.07, 6.45) is 2.71. The van der Waals surface area contributed by atoms with E-state index in [-0.39, 0.29) is 15.2 Å². The molecular formula is C8H8N6O4S2. The number of rotatable bonds is 5. The van der Waals surface area contributed by atoms with E-state index in [2.05, 4.69) is 20.1 Å². The molecule has 2 rings (SSSR count). The van der Waals surface area contributed by atoms with Crippen LogP contribution >= 0.6 is 11.3 Å². The van der Waals surface area contributed by atoms with E-state index in [1.54, 1.807) is 0 Å². The smallest absolute Gasteiger partial charge is 0.306 e. The lowest BCUT2D eigenvalue weighted by atomic mass is 10.5. The highest BCUT2D eigenvalue weighted by Gasteiger charge is 2.26. The first-order valence-electron chi connectivity index (χ1n) is 4.98. The minimum Gasteiger partial charge on any atom is -0.310 e. The molecule has 0 aromatic carbocycles. The fourth-order valence-electron chi connectivity index (χ4n) is 1.25. The number of nitrogens with one attached hydrogen (secondary N) is 2. The molecule has 4 N–H and O–H groups in total. The lowest BCUT2D eigenvalue weighted by molar-refractivity contribution is -0.383. The molecule has 2 aromatic rings. The quantitative estimate of drug-likeness (QED) is 0.410. The van der Waals surface area contributed by atoms with Crippen LogP contribution in [0.1, 0.15) is 0 Å². The number of hydrogen-bond acceptors (Lipinski definition) is 9. The molecule has 0 spiro atoms. The first-order chi connectivity index (χ1) is 9.44. The standard InChI is InChI=1S/C8H8N6O4S2/c9-12-7-5(14(15)16)4-6(19-7)20(17,18)13-8-10-2-1-3-11-8/h1-4,12H,9H2,(H,10,11,13). The van der Waals surface area contributed by atoms with Crippen molar-refractivity contribution in [3.05, 3.63) is 34.6 Å². The molecule has 106 valence electrons. The van der Waals surface area contributed by atoms with Crippen molar-refractivity contribution in [3.63, 3.8) is 0 Å². The van der Waals surface area contributed by atoms with Crippen LogP contribution in [0.2, 0.25) is 0 Å². The molecule has 0 aliphatic carbocycles. The van der Waals surface area contributed by atoms with Gasteiger partial charge >= 0.3 is 5.69 Å². The summed E-state index contributed by atoms with van der Waals surface area (Å²) in [5.74, 6) is 4.98. The van der Waals surface area contributed by atoms with Gasteiger partial charge in [0, 0.05) is 18.5 Å². The number of thiophene rings is 1. The zero-order chi connectivity index (χ0) is 14.8. The molecule has 20 heavy (non-hydrogen) atoms. The first kappa shape index (κ1) is 14.1. The van der Waals surface area contributed by atoms with E-state index in [1.807, 2.05) is 0 Å². The van der Waals surface area contributed by atoms with Crippen LogP contribution in [0.15, 0.2) is 28.7 Å². The van der Waals surface area contributed by atoms with Crippen LogP contribution in [-0.4, -0.2) is 23.3 Å². The Morgan fingerprint density at radius 2 is 2.00 bits per heavy atom. The van der Waals surface area contributed by atoms with Crippen molar-refractivity contribution in [2.75, 3.05) is 10.1 Å². The molecule has 2 heterocycles. The average Bonchev–Trinajstić information content (AvgIpc) is 2.84. The Kier molecular flexibility index (Phi) is 3.78. The van der Waals surface area contributed by atoms with Crippen molar-refractivity contribution in [3.8, 4) is 0 Å².